The van der Waals surface area contributed by atoms with Crippen molar-refractivity contribution >= 4 is 46.0 Å². The van der Waals surface area contributed by atoms with Gasteiger partial charge in [0.25, 0.3) is 5.56 Å². The van der Waals surface area contributed by atoms with E-state index in [4.69, 9.17) is 9.73 Å². The number of benzene rings is 2. The number of carbonyl (C=O) groups is 1. The topological polar surface area (TPSA) is 65.6 Å². The summed E-state index contributed by atoms with van der Waals surface area (Å²) in [5, 5.41) is 0. The molecule has 0 unspecified atom stereocenters. The van der Waals surface area contributed by atoms with E-state index in [-0.39, 0.29) is 12.2 Å². The van der Waals surface area contributed by atoms with Crippen LogP contribution in [0.1, 0.15) is 67.7 Å². The van der Waals surface area contributed by atoms with E-state index in [9.17, 15) is 9.59 Å². The number of hydrogen-bond acceptors (Lipinski definition) is 5. The highest BCUT2D eigenvalue weighted by Gasteiger charge is 2.33. The minimum absolute atomic E-state index is 0.171. The van der Waals surface area contributed by atoms with E-state index in [1.54, 1.807) is 11.5 Å². The van der Waals surface area contributed by atoms with E-state index in [0.29, 0.717) is 26.5 Å². The maximum atomic E-state index is 14.0. The molecule has 0 saturated carbocycles. The maximum absolute atomic E-state index is 14.0. The summed E-state index contributed by atoms with van der Waals surface area (Å²) in [4.78, 5) is 32.5. The van der Waals surface area contributed by atoms with Gasteiger partial charge >= 0.3 is 5.97 Å². The summed E-state index contributed by atoms with van der Waals surface area (Å²) in [6.45, 7) is 12.3. The van der Waals surface area contributed by atoms with Crippen LogP contribution in [0.2, 0.25) is 0 Å². The van der Waals surface area contributed by atoms with Gasteiger partial charge in [0.15, 0.2) is 4.80 Å². The first-order chi connectivity index (χ1) is 19.1. The van der Waals surface area contributed by atoms with Crippen LogP contribution in [0, 0.1) is 17.4 Å². The van der Waals surface area contributed by atoms with Crippen LogP contribution in [0.15, 0.2) is 75.7 Å². The average molecular weight is 666 g/mol. The highest BCUT2D eigenvalue weighted by Crippen LogP contribution is 2.31. The number of fused-ring (bicyclic) bond motifs is 1. The van der Waals surface area contributed by atoms with Crippen LogP contribution in [0.5, 0.6) is 0 Å². The lowest BCUT2D eigenvalue weighted by atomic mass is 9.93. The Morgan fingerprint density at radius 1 is 1.10 bits per heavy atom. The number of halogens is 1. The fourth-order valence-corrected chi connectivity index (χ4v) is 6.63. The number of rotatable bonds is 6. The molecule has 8 heteroatoms. The first-order valence-corrected chi connectivity index (χ1v) is 15.2. The number of thiazole rings is 1. The number of aryl methyl sites for hydroxylation is 1. The highest BCUT2D eigenvalue weighted by molar-refractivity contribution is 14.1. The Hall–Kier alpha value is -3.24. The molecular weight excluding hydrogens is 633 g/mol. The zero-order valence-corrected chi connectivity index (χ0v) is 26.5. The lowest BCUT2D eigenvalue weighted by molar-refractivity contribution is -0.139. The Morgan fingerprint density at radius 3 is 2.40 bits per heavy atom. The van der Waals surface area contributed by atoms with Gasteiger partial charge in [0.1, 0.15) is 0 Å². The van der Waals surface area contributed by atoms with Crippen LogP contribution in [0.25, 0.3) is 11.8 Å². The molecule has 2 aromatic heterocycles. The smallest absolute Gasteiger partial charge is 0.338 e. The first kappa shape index (κ1) is 28.3. The lowest BCUT2D eigenvalue weighted by Crippen LogP contribution is -2.39. The molecule has 40 heavy (non-hydrogen) atoms. The summed E-state index contributed by atoms with van der Waals surface area (Å²) >= 11 is 3.65. The summed E-state index contributed by atoms with van der Waals surface area (Å²) in [6, 6.07) is 18.0. The second kappa shape index (κ2) is 11.3. The third-order valence-electron chi connectivity index (χ3n) is 7.28. The van der Waals surface area contributed by atoms with Crippen molar-refractivity contribution in [2.24, 2.45) is 4.99 Å². The van der Waals surface area contributed by atoms with E-state index in [0.717, 1.165) is 28.2 Å². The van der Waals surface area contributed by atoms with Crippen molar-refractivity contribution in [3.8, 4) is 5.69 Å². The van der Waals surface area contributed by atoms with Crippen LogP contribution < -0.4 is 14.9 Å². The van der Waals surface area contributed by atoms with E-state index in [2.05, 4.69) is 97.3 Å². The predicted octanol–water partition coefficient (Wildman–Crippen LogP) is 5.93. The van der Waals surface area contributed by atoms with E-state index < -0.39 is 12.0 Å². The Labute approximate surface area is 251 Å². The lowest BCUT2D eigenvalue weighted by Gasteiger charge is -2.25. The van der Waals surface area contributed by atoms with Gasteiger partial charge in [0.05, 0.1) is 28.5 Å². The Kier molecular flexibility index (Phi) is 8.01. The molecule has 206 valence electrons. The van der Waals surface area contributed by atoms with Crippen molar-refractivity contribution in [3.63, 3.8) is 0 Å². The van der Waals surface area contributed by atoms with Crippen molar-refractivity contribution in [1.82, 2.24) is 9.13 Å². The fraction of sp³-hybridized carbons (Fsp3) is 0.281. The molecule has 6 nitrogen and oxygen atoms in total. The molecule has 0 radical (unpaired) electrons. The van der Waals surface area contributed by atoms with Gasteiger partial charge in [-0.3, -0.25) is 9.36 Å². The molecule has 1 aliphatic heterocycles. The zero-order valence-electron chi connectivity index (χ0n) is 23.5. The minimum Gasteiger partial charge on any atom is -0.463 e. The number of aromatic nitrogens is 2. The largest absolute Gasteiger partial charge is 0.463 e. The third kappa shape index (κ3) is 5.14. The monoisotopic (exact) mass is 665 g/mol. The molecule has 0 amide bonds. The molecule has 0 saturated heterocycles. The van der Waals surface area contributed by atoms with E-state index in [1.807, 2.05) is 25.1 Å². The molecule has 5 rings (SSSR count). The van der Waals surface area contributed by atoms with Gasteiger partial charge < -0.3 is 9.30 Å². The molecule has 0 fully saturated rings. The molecule has 3 heterocycles. The summed E-state index contributed by atoms with van der Waals surface area (Å²) in [7, 11) is 0. The predicted molar refractivity (Wildman–Crippen MR) is 169 cm³/mol. The number of nitrogens with zero attached hydrogens (tertiary/aromatic N) is 3. The van der Waals surface area contributed by atoms with Gasteiger partial charge in [-0.15, -0.1) is 0 Å². The molecule has 4 aromatic rings. The fourth-order valence-electron chi connectivity index (χ4n) is 5.23. The Balaban J connectivity index is 1.67. The number of esters is 1. The highest BCUT2D eigenvalue weighted by atomic mass is 127. The average Bonchev–Trinajstić information content (AvgIpc) is 3.38. The van der Waals surface area contributed by atoms with Crippen molar-refractivity contribution < 1.29 is 9.53 Å². The Morgan fingerprint density at radius 2 is 1.77 bits per heavy atom. The summed E-state index contributed by atoms with van der Waals surface area (Å²) < 4.78 is 11.0. The van der Waals surface area contributed by atoms with Crippen molar-refractivity contribution in [2.75, 3.05) is 6.61 Å². The molecular formula is C32H32IN3O3S. The maximum Gasteiger partial charge on any atom is 0.338 e. The molecule has 0 N–H and O–H groups in total. The van der Waals surface area contributed by atoms with Crippen molar-refractivity contribution in [3.05, 3.63) is 117 Å². The van der Waals surface area contributed by atoms with Gasteiger partial charge in [-0.2, -0.15) is 0 Å². The quantitative estimate of drug-likeness (QED) is 0.190. The molecule has 0 bridgehead atoms. The number of ether oxygens (including phenoxy) is 1. The van der Waals surface area contributed by atoms with E-state index in [1.165, 1.54) is 20.5 Å². The number of carbonyl (C=O) groups excluding carboxylic acids is 1. The van der Waals surface area contributed by atoms with Crippen LogP contribution >= 0.6 is 33.9 Å². The van der Waals surface area contributed by atoms with Gasteiger partial charge in [0, 0.05) is 20.6 Å². The minimum atomic E-state index is -0.613. The summed E-state index contributed by atoms with van der Waals surface area (Å²) in [5.41, 5.74) is 7.03. The second-order valence-electron chi connectivity index (χ2n) is 10.3. The molecule has 1 aliphatic rings. The van der Waals surface area contributed by atoms with Crippen LogP contribution in [-0.4, -0.2) is 21.7 Å². The number of hydrogen-bond donors (Lipinski definition) is 0. The van der Waals surface area contributed by atoms with Crippen molar-refractivity contribution in [1.29, 1.82) is 0 Å². The van der Waals surface area contributed by atoms with E-state index >= 15 is 0 Å². The van der Waals surface area contributed by atoms with Crippen LogP contribution in [-0.2, 0) is 9.53 Å². The van der Waals surface area contributed by atoms with Crippen LogP contribution in [0.4, 0.5) is 0 Å². The molecule has 1 atom stereocenters. The standard InChI is InChI=1S/C32H32IN3O3S/c1-7-39-31(38)28-20(5)34-32-36(29(28)23-10-8-22(9-11-23)18(2)3)30(37)27(40-32)17-24-16-19(4)35(21(24)6)26-14-12-25(33)13-15-26/h8-18,29H,7H2,1-6H3/b27-17-/t29-/m1/s1. The zero-order chi connectivity index (χ0) is 28.7. The normalized spacial score (nSPS) is 15.4. The summed E-state index contributed by atoms with van der Waals surface area (Å²) in [6.07, 6.45) is 1.94. The molecule has 0 aliphatic carbocycles. The SMILES string of the molecule is CCOC(=O)C1=C(C)N=c2s/c(=C\c3cc(C)n(-c4ccc(I)cc4)c3C)c(=O)n2[C@@H]1c1ccc(C(C)C)cc1. The Bertz CT molecular complexity index is 1810. The van der Waals surface area contributed by atoms with Gasteiger partial charge in [0.2, 0.25) is 0 Å². The van der Waals surface area contributed by atoms with Gasteiger partial charge in [-0.1, -0.05) is 49.4 Å². The third-order valence-corrected chi connectivity index (χ3v) is 8.98. The second-order valence-corrected chi connectivity index (χ2v) is 12.5. The molecule has 0 spiro atoms. The molecule has 2 aromatic carbocycles. The van der Waals surface area contributed by atoms with Gasteiger partial charge in [-0.05, 0) is 109 Å². The van der Waals surface area contributed by atoms with Gasteiger partial charge in [-0.25, -0.2) is 9.79 Å². The number of allylic oxidation sites excluding steroid dienone is 1. The van der Waals surface area contributed by atoms with Crippen molar-refractivity contribution in [2.45, 2.75) is 53.5 Å². The first-order valence-electron chi connectivity index (χ1n) is 13.3. The van der Waals surface area contributed by atoms with Crippen LogP contribution in [0.3, 0.4) is 0 Å². The summed E-state index contributed by atoms with van der Waals surface area (Å²) in [5.74, 6) is -0.0756.